The van der Waals surface area contributed by atoms with Crippen molar-refractivity contribution in [2.45, 2.75) is 6.92 Å². The highest BCUT2D eigenvalue weighted by atomic mass is 19.1. The van der Waals surface area contributed by atoms with Crippen LogP contribution in [0.3, 0.4) is 0 Å². The number of aliphatic hydroxyl groups excluding tert-OH is 1. The van der Waals surface area contributed by atoms with Gasteiger partial charge in [-0.2, -0.15) is 0 Å². The first-order valence-electron chi connectivity index (χ1n) is 6.37. The molecule has 0 saturated carbocycles. The lowest BCUT2D eigenvalue weighted by Crippen LogP contribution is -2.12. The summed E-state index contributed by atoms with van der Waals surface area (Å²) >= 11 is 0. The van der Waals surface area contributed by atoms with Crippen LogP contribution in [0.1, 0.15) is 21.5 Å². The number of benzene rings is 2. The summed E-state index contributed by atoms with van der Waals surface area (Å²) in [5.41, 5.74) is 2.44. The lowest BCUT2D eigenvalue weighted by Gasteiger charge is -2.07. The van der Waals surface area contributed by atoms with Crippen LogP contribution in [0.5, 0.6) is 0 Å². The molecule has 0 unspecified atom stereocenters. The van der Waals surface area contributed by atoms with Crippen LogP contribution in [0.15, 0.2) is 42.5 Å². The van der Waals surface area contributed by atoms with E-state index < -0.39 is 5.82 Å². The van der Waals surface area contributed by atoms with Crippen LogP contribution in [0, 0.1) is 24.6 Å². The number of halogens is 1. The second-order valence-corrected chi connectivity index (χ2v) is 4.51. The van der Waals surface area contributed by atoms with Crippen molar-refractivity contribution in [2.75, 3.05) is 11.9 Å². The maximum absolute atomic E-state index is 13.1. The number of hydrogen-bond donors (Lipinski definition) is 2. The fraction of sp³-hybridized carbons (Fsp3) is 0.118. The van der Waals surface area contributed by atoms with E-state index in [2.05, 4.69) is 17.2 Å². The van der Waals surface area contributed by atoms with E-state index in [1.54, 1.807) is 18.2 Å². The summed E-state index contributed by atoms with van der Waals surface area (Å²) in [7, 11) is 0. The largest absolute Gasteiger partial charge is 0.384 e. The second-order valence-electron chi connectivity index (χ2n) is 4.51. The molecule has 0 fully saturated rings. The summed E-state index contributed by atoms with van der Waals surface area (Å²) in [6.07, 6.45) is 0. The first kappa shape index (κ1) is 14.8. The minimum Gasteiger partial charge on any atom is -0.384 e. The molecule has 0 aliphatic heterocycles. The smallest absolute Gasteiger partial charge is 0.255 e. The SMILES string of the molecule is Cc1cc(C#CCO)cc(NC(=O)c2cccc(F)c2)c1. The summed E-state index contributed by atoms with van der Waals surface area (Å²) in [5.74, 6) is 4.50. The van der Waals surface area contributed by atoms with Gasteiger partial charge in [-0.1, -0.05) is 17.9 Å². The van der Waals surface area contributed by atoms with Gasteiger partial charge >= 0.3 is 0 Å². The topological polar surface area (TPSA) is 49.3 Å². The summed E-state index contributed by atoms with van der Waals surface area (Å²) in [5, 5.41) is 11.4. The van der Waals surface area contributed by atoms with Gasteiger partial charge in [0.15, 0.2) is 0 Å². The number of amides is 1. The van der Waals surface area contributed by atoms with Crippen molar-refractivity contribution in [3.05, 3.63) is 65.0 Å². The summed E-state index contributed by atoms with van der Waals surface area (Å²) in [6.45, 7) is 1.65. The maximum atomic E-state index is 13.1. The van der Waals surface area contributed by atoms with E-state index >= 15 is 0 Å². The predicted molar refractivity (Wildman–Crippen MR) is 79.5 cm³/mol. The number of anilines is 1. The Morgan fingerprint density at radius 3 is 2.81 bits per heavy atom. The van der Waals surface area contributed by atoms with Crippen LogP contribution < -0.4 is 5.32 Å². The van der Waals surface area contributed by atoms with Crippen LogP contribution in [0.4, 0.5) is 10.1 Å². The number of carbonyl (C=O) groups is 1. The minimum atomic E-state index is -0.457. The third-order valence-electron chi connectivity index (χ3n) is 2.73. The number of aliphatic hydroxyl groups is 1. The van der Waals surface area contributed by atoms with Crippen LogP contribution >= 0.6 is 0 Å². The molecule has 4 heteroatoms. The number of carbonyl (C=O) groups excluding carboxylic acids is 1. The highest BCUT2D eigenvalue weighted by Crippen LogP contribution is 2.15. The van der Waals surface area contributed by atoms with Crippen LogP contribution in [-0.4, -0.2) is 17.6 Å². The number of nitrogens with one attached hydrogen (secondary N) is 1. The van der Waals surface area contributed by atoms with Crippen molar-refractivity contribution >= 4 is 11.6 Å². The van der Waals surface area contributed by atoms with Crippen LogP contribution in [0.2, 0.25) is 0 Å². The Hall–Kier alpha value is -2.64. The molecule has 2 aromatic carbocycles. The van der Waals surface area contributed by atoms with E-state index in [1.165, 1.54) is 18.2 Å². The molecule has 0 heterocycles. The number of rotatable bonds is 2. The van der Waals surface area contributed by atoms with Crippen molar-refractivity contribution in [1.29, 1.82) is 0 Å². The first-order chi connectivity index (χ1) is 10.1. The third kappa shape index (κ3) is 4.16. The van der Waals surface area contributed by atoms with Gasteiger partial charge in [0.1, 0.15) is 12.4 Å². The Balaban J connectivity index is 2.23. The van der Waals surface area contributed by atoms with Crippen LogP contribution in [0.25, 0.3) is 0 Å². The minimum absolute atomic E-state index is 0.223. The van der Waals surface area contributed by atoms with E-state index in [4.69, 9.17) is 5.11 Å². The zero-order valence-corrected chi connectivity index (χ0v) is 11.5. The molecule has 2 N–H and O–H groups in total. The van der Waals surface area contributed by atoms with Crippen molar-refractivity contribution in [3.8, 4) is 11.8 Å². The highest BCUT2D eigenvalue weighted by molar-refractivity contribution is 6.04. The highest BCUT2D eigenvalue weighted by Gasteiger charge is 2.07. The molecule has 0 aliphatic carbocycles. The zero-order valence-electron chi connectivity index (χ0n) is 11.5. The van der Waals surface area contributed by atoms with E-state index in [0.717, 1.165) is 5.56 Å². The first-order valence-corrected chi connectivity index (χ1v) is 6.37. The molecular weight excluding hydrogens is 269 g/mol. The molecule has 21 heavy (non-hydrogen) atoms. The quantitative estimate of drug-likeness (QED) is 0.833. The Labute approximate surface area is 122 Å². The third-order valence-corrected chi connectivity index (χ3v) is 2.73. The molecule has 2 rings (SSSR count). The van der Waals surface area contributed by atoms with Crippen LogP contribution in [-0.2, 0) is 0 Å². The van der Waals surface area contributed by atoms with Crippen molar-refractivity contribution < 1.29 is 14.3 Å². The molecule has 106 valence electrons. The van der Waals surface area contributed by atoms with Gasteiger partial charge in [0.25, 0.3) is 5.91 Å². The fourth-order valence-electron chi connectivity index (χ4n) is 1.90. The average Bonchev–Trinajstić information content (AvgIpc) is 2.44. The molecule has 0 aliphatic rings. The maximum Gasteiger partial charge on any atom is 0.255 e. The van der Waals surface area contributed by atoms with Gasteiger partial charge in [-0.3, -0.25) is 4.79 Å². The normalized spacial score (nSPS) is 9.67. The number of aryl methyl sites for hydroxylation is 1. The van der Waals surface area contributed by atoms with Crippen molar-refractivity contribution in [3.63, 3.8) is 0 Å². The lowest BCUT2D eigenvalue weighted by atomic mass is 10.1. The van der Waals surface area contributed by atoms with E-state index in [0.29, 0.717) is 11.3 Å². The van der Waals surface area contributed by atoms with E-state index in [9.17, 15) is 9.18 Å². The van der Waals surface area contributed by atoms with Gasteiger partial charge < -0.3 is 10.4 Å². The van der Waals surface area contributed by atoms with Gasteiger partial charge in [-0.05, 0) is 48.9 Å². The average molecular weight is 283 g/mol. The standard InChI is InChI=1S/C17H14FNO2/c1-12-8-13(4-3-7-20)10-16(9-12)19-17(21)14-5-2-6-15(18)11-14/h2,5-6,8-11,20H,7H2,1H3,(H,19,21). The van der Waals surface area contributed by atoms with Gasteiger partial charge in [-0.15, -0.1) is 0 Å². The van der Waals surface area contributed by atoms with Crippen molar-refractivity contribution in [2.24, 2.45) is 0 Å². The summed E-state index contributed by atoms with van der Waals surface area (Å²) in [4.78, 5) is 12.0. The van der Waals surface area contributed by atoms with Crippen molar-refractivity contribution in [1.82, 2.24) is 0 Å². The molecule has 0 spiro atoms. The van der Waals surface area contributed by atoms with Gasteiger partial charge in [0.05, 0.1) is 0 Å². The molecule has 1 amide bonds. The predicted octanol–water partition coefficient (Wildman–Crippen LogP) is 2.73. The van der Waals surface area contributed by atoms with Gasteiger partial charge in [-0.25, -0.2) is 4.39 Å². The zero-order chi connectivity index (χ0) is 15.2. The molecular formula is C17H14FNO2. The Morgan fingerprint density at radius 2 is 2.10 bits per heavy atom. The second kappa shape index (κ2) is 6.69. The molecule has 2 aromatic rings. The van der Waals surface area contributed by atoms with E-state index in [-0.39, 0.29) is 18.1 Å². The Morgan fingerprint density at radius 1 is 1.29 bits per heavy atom. The fourth-order valence-corrected chi connectivity index (χ4v) is 1.90. The summed E-state index contributed by atoms with van der Waals surface area (Å²) in [6, 6.07) is 10.8. The molecule has 0 aromatic heterocycles. The van der Waals surface area contributed by atoms with Gasteiger partial charge in [0.2, 0.25) is 0 Å². The molecule has 0 radical (unpaired) electrons. The lowest BCUT2D eigenvalue weighted by molar-refractivity contribution is 0.102. The molecule has 0 atom stereocenters. The van der Waals surface area contributed by atoms with E-state index in [1.807, 2.05) is 13.0 Å². The molecule has 0 saturated heterocycles. The van der Waals surface area contributed by atoms with Gasteiger partial charge in [0, 0.05) is 16.8 Å². The molecule has 0 bridgehead atoms. The Kier molecular flexibility index (Phi) is 4.70. The molecule has 3 nitrogen and oxygen atoms in total. The Bertz CT molecular complexity index is 729. The number of hydrogen-bond acceptors (Lipinski definition) is 2. The summed E-state index contributed by atoms with van der Waals surface area (Å²) < 4.78 is 13.1. The monoisotopic (exact) mass is 283 g/mol.